The Labute approximate surface area is 164 Å². The van der Waals surface area contributed by atoms with Gasteiger partial charge in [-0.1, -0.05) is 23.4 Å². The molecule has 3 heterocycles. The Balaban J connectivity index is 1.34. The first-order chi connectivity index (χ1) is 13.7. The molecule has 2 aliphatic heterocycles. The van der Waals surface area contributed by atoms with Crippen LogP contribution in [0, 0.1) is 11.7 Å². The van der Waals surface area contributed by atoms with Gasteiger partial charge in [-0.3, -0.25) is 4.90 Å². The second-order valence-electron chi connectivity index (χ2n) is 7.42. The lowest BCUT2D eigenvalue weighted by atomic mass is 9.91. The molecule has 0 amide bonds. The van der Waals surface area contributed by atoms with E-state index in [0.717, 1.165) is 32.5 Å². The van der Waals surface area contributed by atoms with E-state index in [0.29, 0.717) is 42.4 Å². The molecular weight excluding hydrogens is 359 g/mol. The highest BCUT2D eigenvalue weighted by Crippen LogP contribution is 2.27. The van der Waals surface area contributed by atoms with Crippen molar-refractivity contribution in [3.63, 3.8) is 0 Å². The van der Waals surface area contributed by atoms with Crippen molar-refractivity contribution in [3.8, 4) is 5.88 Å². The number of halogens is 1. The molecule has 2 fully saturated rings. The number of hydrogen-bond acceptors (Lipinski definition) is 5. The van der Waals surface area contributed by atoms with E-state index in [4.69, 9.17) is 4.74 Å². The van der Waals surface area contributed by atoms with Gasteiger partial charge in [0, 0.05) is 50.4 Å². The molecule has 2 atom stereocenters. The summed E-state index contributed by atoms with van der Waals surface area (Å²) >= 11 is 0. The number of aromatic nitrogens is 1. The van der Waals surface area contributed by atoms with Crippen LogP contribution in [0.2, 0.25) is 0 Å². The van der Waals surface area contributed by atoms with Gasteiger partial charge in [-0.2, -0.15) is 0 Å². The standard InChI is InChI=1S/C21H25FN4O2/c22-19-6-2-1-5-18(19)21(24-27)26-12-11-25-13-16(8-9-17(25)14-26)15-28-20-7-3-4-10-23-20/h1-7,10,16-17,27H,8-9,11-15H2/b24-21-/t16-,17+/m1/s1. The molecule has 2 aliphatic rings. The summed E-state index contributed by atoms with van der Waals surface area (Å²) < 4.78 is 20.0. The monoisotopic (exact) mass is 384 g/mol. The van der Waals surface area contributed by atoms with Gasteiger partial charge in [0.2, 0.25) is 5.88 Å². The highest BCUT2D eigenvalue weighted by Gasteiger charge is 2.34. The number of nitrogens with zero attached hydrogens (tertiary/aromatic N) is 4. The van der Waals surface area contributed by atoms with E-state index in [9.17, 15) is 9.60 Å². The van der Waals surface area contributed by atoms with E-state index in [1.807, 2.05) is 23.1 Å². The molecule has 0 unspecified atom stereocenters. The van der Waals surface area contributed by atoms with Crippen LogP contribution in [0.1, 0.15) is 18.4 Å². The van der Waals surface area contributed by atoms with Crippen LogP contribution in [0.3, 0.4) is 0 Å². The number of ether oxygens (including phenoxy) is 1. The Hall–Kier alpha value is -2.67. The van der Waals surface area contributed by atoms with Crippen molar-refractivity contribution < 1.29 is 14.3 Å². The number of amidine groups is 1. The average Bonchev–Trinajstić information content (AvgIpc) is 2.75. The van der Waals surface area contributed by atoms with E-state index in [-0.39, 0.29) is 5.82 Å². The quantitative estimate of drug-likeness (QED) is 0.380. The van der Waals surface area contributed by atoms with E-state index >= 15 is 0 Å². The molecule has 4 rings (SSSR count). The Bertz CT molecular complexity index is 817. The van der Waals surface area contributed by atoms with Gasteiger partial charge < -0.3 is 14.8 Å². The van der Waals surface area contributed by atoms with Gasteiger partial charge in [-0.05, 0) is 31.0 Å². The van der Waals surface area contributed by atoms with Crippen molar-refractivity contribution in [1.29, 1.82) is 0 Å². The van der Waals surface area contributed by atoms with Crippen LogP contribution in [0.5, 0.6) is 5.88 Å². The second-order valence-corrected chi connectivity index (χ2v) is 7.42. The number of fused-ring (bicyclic) bond motifs is 1. The maximum atomic E-state index is 14.1. The Morgan fingerprint density at radius 3 is 2.79 bits per heavy atom. The molecule has 6 nitrogen and oxygen atoms in total. The fourth-order valence-corrected chi connectivity index (χ4v) is 4.15. The fourth-order valence-electron chi connectivity index (χ4n) is 4.15. The summed E-state index contributed by atoms with van der Waals surface area (Å²) in [6.45, 7) is 3.96. The van der Waals surface area contributed by atoms with Crippen molar-refractivity contribution in [1.82, 2.24) is 14.8 Å². The first-order valence-electron chi connectivity index (χ1n) is 9.74. The Morgan fingerprint density at radius 1 is 1.14 bits per heavy atom. The smallest absolute Gasteiger partial charge is 0.213 e. The molecule has 1 aromatic carbocycles. The molecule has 2 aromatic rings. The van der Waals surface area contributed by atoms with Gasteiger partial charge >= 0.3 is 0 Å². The van der Waals surface area contributed by atoms with E-state index < -0.39 is 0 Å². The highest BCUT2D eigenvalue weighted by molar-refractivity contribution is 5.98. The van der Waals surface area contributed by atoms with Crippen LogP contribution in [-0.2, 0) is 0 Å². The summed E-state index contributed by atoms with van der Waals surface area (Å²) in [7, 11) is 0. The third kappa shape index (κ3) is 4.09. The number of hydrogen-bond donors (Lipinski definition) is 1. The zero-order valence-corrected chi connectivity index (χ0v) is 15.7. The molecule has 1 N–H and O–H groups in total. The van der Waals surface area contributed by atoms with Crippen LogP contribution in [0.15, 0.2) is 53.8 Å². The van der Waals surface area contributed by atoms with Crippen molar-refractivity contribution in [2.24, 2.45) is 11.1 Å². The summed E-state index contributed by atoms with van der Waals surface area (Å²) in [6, 6.07) is 12.5. The lowest BCUT2D eigenvalue weighted by Gasteiger charge is -2.46. The van der Waals surface area contributed by atoms with Crippen LogP contribution in [0.25, 0.3) is 0 Å². The number of oxime groups is 1. The van der Waals surface area contributed by atoms with E-state index in [2.05, 4.69) is 15.0 Å². The predicted molar refractivity (Wildman–Crippen MR) is 104 cm³/mol. The fraction of sp³-hybridized carbons (Fsp3) is 0.429. The number of rotatable bonds is 4. The predicted octanol–water partition coefficient (Wildman–Crippen LogP) is 2.83. The minimum absolute atomic E-state index is 0.318. The van der Waals surface area contributed by atoms with Crippen molar-refractivity contribution in [3.05, 3.63) is 60.0 Å². The van der Waals surface area contributed by atoms with E-state index in [1.165, 1.54) is 6.07 Å². The van der Waals surface area contributed by atoms with Crippen LogP contribution >= 0.6 is 0 Å². The zero-order valence-electron chi connectivity index (χ0n) is 15.7. The molecule has 7 heteroatoms. The van der Waals surface area contributed by atoms with Gasteiger partial charge in [-0.25, -0.2) is 9.37 Å². The summed E-state index contributed by atoms with van der Waals surface area (Å²) in [4.78, 5) is 8.67. The topological polar surface area (TPSA) is 61.2 Å². The van der Waals surface area contributed by atoms with Gasteiger partial charge in [0.25, 0.3) is 0 Å². The number of piperidine rings is 1. The largest absolute Gasteiger partial charge is 0.477 e. The zero-order chi connectivity index (χ0) is 19.3. The minimum atomic E-state index is -0.367. The van der Waals surface area contributed by atoms with Gasteiger partial charge in [0.15, 0.2) is 5.84 Å². The molecule has 148 valence electrons. The average molecular weight is 384 g/mol. The van der Waals surface area contributed by atoms with Gasteiger partial charge in [-0.15, -0.1) is 0 Å². The summed E-state index contributed by atoms with van der Waals surface area (Å²) in [5, 5.41) is 12.9. The SMILES string of the molecule is O/N=C(/c1ccccc1F)N1CCN2C[C@H](COc3ccccn3)CC[C@H]2C1. The maximum absolute atomic E-state index is 14.1. The molecule has 2 saturated heterocycles. The van der Waals surface area contributed by atoms with E-state index in [1.54, 1.807) is 24.4 Å². The summed E-state index contributed by atoms with van der Waals surface area (Å²) in [6.07, 6.45) is 3.86. The molecule has 0 radical (unpaired) electrons. The lowest BCUT2D eigenvalue weighted by Crippen LogP contribution is -2.58. The van der Waals surface area contributed by atoms with Crippen LogP contribution in [-0.4, -0.2) is 64.7 Å². The Morgan fingerprint density at radius 2 is 2.00 bits per heavy atom. The molecular formula is C21H25FN4O2. The summed E-state index contributed by atoms with van der Waals surface area (Å²) in [5.74, 6) is 1.09. The molecule has 0 saturated carbocycles. The molecule has 0 bridgehead atoms. The first-order valence-corrected chi connectivity index (χ1v) is 9.74. The van der Waals surface area contributed by atoms with Crippen LogP contribution < -0.4 is 4.74 Å². The summed E-state index contributed by atoms with van der Waals surface area (Å²) in [5.41, 5.74) is 0.343. The second kappa shape index (κ2) is 8.56. The number of pyridine rings is 1. The third-order valence-corrected chi connectivity index (χ3v) is 5.62. The maximum Gasteiger partial charge on any atom is 0.213 e. The van der Waals surface area contributed by atoms with Crippen LogP contribution in [0.4, 0.5) is 4.39 Å². The third-order valence-electron chi connectivity index (χ3n) is 5.62. The normalized spacial score (nSPS) is 23.3. The molecule has 0 spiro atoms. The number of piperazine rings is 1. The van der Waals surface area contributed by atoms with Crippen molar-refractivity contribution in [2.45, 2.75) is 18.9 Å². The van der Waals surface area contributed by atoms with Gasteiger partial charge in [0.1, 0.15) is 5.82 Å². The molecule has 28 heavy (non-hydrogen) atoms. The highest BCUT2D eigenvalue weighted by atomic mass is 19.1. The Kier molecular flexibility index (Phi) is 5.71. The molecule has 1 aromatic heterocycles. The van der Waals surface area contributed by atoms with Gasteiger partial charge in [0.05, 0.1) is 12.2 Å². The molecule has 0 aliphatic carbocycles. The minimum Gasteiger partial charge on any atom is -0.477 e. The van der Waals surface area contributed by atoms with Crippen molar-refractivity contribution >= 4 is 5.84 Å². The van der Waals surface area contributed by atoms with Crippen molar-refractivity contribution in [2.75, 3.05) is 32.8 Å². The number of benzene rings is 1. The lowest BCUT2D eigenvalue weighted by molar-refractivity contribution is 0.0375. The first kappa shape index (κ1) is 18.7.